The highest BCUT2D eigenvalue weighted by Gasteiger charge is 2.30. The van der Waals surface area contributed by atoms with Crippen LogP contribution in [0.5, 0.6) is 11.5 Å². The second-order valence-corrected chi connectivity index (χ2v) is 5.01. The van der Waals surface area contributed by atoms with Crippen molar-refractivity contribution in [2.45, 2.75) is 37.9 Å². The molecule has 0 amide bonds. The summed E-state index contributed by atoms with van der Waals surface area (Å²) in [7, 11) is 0. The number of fused-ring (bicyclic) bond motifs is 1. The molecule has 1 aliphatic heterocycles. The third-order valence-corrected chi connectivity index (χ3v) is 3.76. The molecule has 92 valence electrons. The maximum absolute atomic E-state index is 10.1. The molecule has 17 heavy (non-hydrogen) atoms. The molecule has 1 saturated carbocycles. The highest BCUT2D eigenvalue weighted by atomic mass is 16.6. The molecule has 1 heterocycles. The number of rotatable bonds is 3. The number of aliphatic hydroxyl groups is 1. The van der Waals surface area contributed by atoms with E-state index in [1.165, 1.54) is 19.3 Å². The first-order chi connectivity index (χ1) is 8.33. The first-order valence-electron chi connectivity index (χ1n) is 6.39. The van der Waals surface area contributed by atoms with Gasteiger partial charge in [0.05, 0.1) is 6.10 Å². The van der Waals surface area contributed by atoms with Crippen molar-refractivity contribution in [2.75, 3.05) is 6.61 Å². The van der Waals surface area contributed by atoms with Gasteiger partial charge in [-0.05, 0) is 24.5 Å². The zero-order valence-corrected chi connectivity index (χ0v) is 9.84. The van der Waals surface area contributed by atoms with E-state index in [-0.39, 0.29) is 6.10 Å². The minimum absolute atomic E-state index is 0.217. The molecule has 1 aliphatic carbocycles. The van der Waals surface area contributed by atoms with Crippen LogP contribution in [-0.2, 0) is 0 Å². The summed E-state index contributed by atoms with van der Waals surface area (Å²) in [6.07, 6.45) is 4.03. The quantitative estimate of drug-likeness (QED) is 0.872. The fraction of sp³-hybridized carbons (Fsp3) is 0.571. The third kappa shape index (κ3) is 2.25. The smallest absolute Gasteiger partial charge is 0.161 e. The Bertz CT molecular complexity index is 387. The van der Waals surface area contributed by atoms with Crippen LogP contribution < -0.4 is 9.47 Å². The highest BCUT2D eigenvalue weighted by molar-refractivity contribution is 5.40. The van der Waals surface area contributed by atoms with Crippen LogP contribution in [0.2, 0.25) is 0 Å². The molecular formula is C14H18O3. The maximum atomic E-state index is 10.1. The Morgan fingerprint density at radius 3 is 2.71 bits per heavy atom. The van der Waals surface area contributed by atoms with Crippen molar-refractivity contribution >= 4 is 0 Å². The van der Waals surface area contributed by atoms with Gasteiger partial charge in [-0.2, -0.15) is 0 Å². The molecule has 1 N–H and O–H groups in total. The van der Waals surface area contributed by atoms with Gasteiger partial charge < -0.3 is 14.6 Å². The van der Waals surface area contributed by atoms with Crippen LogP contribution in [0.3, 0.4) is 0 Å². The SMILES string of the molecule is OC(CC1CCC1)C1COc2ccccc2O1. The van der Waals surface area contributed by atoms with Crippen molar-refractivity contribution in [3.8, 4) is 11.5 Å². The van der Waals surface area contributed by atoms with Crippen LogP contribution in [0.1, 0.15) is 25.7 Å². The molecule has 3 heteroatoms. The lowest BCUT2D eigenvalue weighted by molar-refractivity contribution is -0.0260. The number of aliphatic hydroxyl groups excluding tert-OH is 1. The van der Waals surface area contributed by atoms with Crippen LogP contribution in [-0.4, -0.2) is 23.9 Å². The Morgan fingerprint density at radius 2 is 2.00 bits per heavy atom. The molecule has 0 spiro atoms. The highest BCUT2D eigenvalue weighted by Crippen LogP contribution is 2.35. The van der Waals surface area contributed by atoms with Gasteiger partial charge in [0, 0.05) is 0 Å². The van der Waals surface area contributed by atoms with E-state index >= 15 is 0 Å². The number of hydrogen-bond donors (Lipinski definition) is 1. The molecular weight excluding hydrogens is 216 g/mol. The van der Waals surface area contributed by atoms with Crippen LogP contribution in [0.4, 0.5) is 0 Å². The van der Waals surface area contributed by atoms with Crippen molar-refractivity contribution in [3.05, 3.63) is 24.3 Å². The molecule has 1 fully saturated rings. The average molecular weight is 234 g/mol. The first kappa shape index (κ1) is 10.9. The van der Waals surface area contributed by atoms with Gasteiger partial charge in [-0.1, -0.05) is 31.4 Å². The molecule has 2 unspecified atom stereocenters. The predicted octanol–water partition coefficient (Wildman–Crippen LogP) is 2.38. The Kier molecular flexibility index (Phi) is 2.93. The zero-order chi connectivity index (χ0) is 11.7. The standard InChI is InChI=1S/C14H18O3/c15-11(8-10-4-3-5-10)14-9-16-12-6-1-2-7-13(12)17-14/h1-2,6-7,10-11,14-15H,3-5,8-9H2. The van der Waals surface area contributed by atoms with E-state index in [1.54, 1.807) is 0 Å². The van der Waals surface area contributed by atoms with Gasteiger partial charge >= 0.3 is 0 Å². The predicted molar refractivity (Wildman–Crippen MR) is 64.3 cm³/mol. The fourth-order valence-corrected chi connectivity index (χ4v) is 2.45. The van der Waals surface area contributed by atoms with Gasteiger partial charge in [0.25, 0.3) is 0 Å². The van der Waals surface area contributed by atoms with Crippen LogP contribution in [0.25, 0.3) is 0 Å². The van der Waals surface area contributed by atoms with E-state index in [2.05, 4.69) is 0 Å². The van der Waals surface area contributed by atoms with E-state index < -0.39 is 6.10 Å². The third-order valence-electron chi connectivity index (χ3n) is 3.76. The largest absolute Gasteiger partial charge is 0.486 e. The van der Waals surface area contributed by atoms with Crippen molar-refractivity contribution in [1.29, 1.82) is 0 Å². The van der Waals surface area contributed by atoms with Crippen LogP contribution in [0.15, 0.2) is 24.3 Å². The van der Waals surface area contributed by atoms with Crippen LogP contribution in [0, 0.1) is 5.92 Å². The summed E-state index contributed by atoms with van der Waals surface area (Å²) >= 11 is 0. The van der Waals surface area contributed by atoms with Gasteiger partial charge in [-0.15, -0.1) is 0 Å². The number of benzene rings is 1. The fourth-order valence-electron chi connectivity index (χ4n) is 2.45. The minimum atomic E-state index is -0.409. The lowest BCUT2D eigenvalue weighted by atomic mass is 9.80. The summed E-state index contributed by atoms with van der Waals surface area (Å²) < 4.78 is 11.4. The first-order valence-corrected chi connectivity index (χ1v) is 6.39. The van der Waals surface area contributed by atoms with E-state index in [4.69, 9.17) is 9.47 Å². The van der Waals surface area contributed by atoms with Crippen molar-refractivity contribution in [2.24, 2.45) is 5.92 Å². The normalized spacial score (nSPS) is 25.1. The van der Waals surface area contributed by atoms with Gasteiger partial charge in [-0.3, -0.25) is 0 Å². The topological polar surface area (TPSA) is 38.7 Å². The molecule has 0 aromatic heterocycles. The summed E-state index contributed by atoms with van der Waals surface area (Å²) in [6, 6.07) is 7.62. The maximum Gasteiger partial charge on any atom is 0.161 e. The Balaban J connectivity index is 1.62. The molecule has 2 atom stereocenters. The average Bonchev–Trinajstić information content (AvgIpc) is 2.33. The molecule has 1 aromatic rings. The lowest BCUT2D eigenvalue weighted by Crippen LogP contribution is -2.41. The van der Waals surface area contributed by atoms with E-state index in [1.807, 2.05) is 24.3 Å². The lowest BCUT2D eigenvalue weighted by Gasteiger charge is -2.33. The van der Waals surface area contributed by atoms with Gasteiger partial charge in [-0.25, -0.2) is 0 Å². The van der Waals surface area contributed by atoms with E-state index in [0.29, 0.717) is 12.5 Å². The molecule has 3 rings (SSSR count). The summed E-state index contributed by atoms with van der Waals surface area (Å²) in [6.45, 7) is 0.449. The molecule has 1 aromatic carbocycles. The Morgan fingerprint density at radius 1 is 1.24 bits per heavy atom. The summed E-state index contributed by atoms with van der Waals surface area (Å²) in [5.41, 5.74) is 0. The van der Waals surface area contributed by atoms with E-state index in [9.17, 15) is 5.11 Å². The number of hydrogen-bond acceptors (Lipinski definition) is 3. The van der Waals surface area contributed by atoms with Gasteiger partial charge in [0.1, 0.15) is 6.61 Å². The zero-order valence-electron chi connectivity index (χ0n) is 9.84. The molecule has 0 saturated heterocycles. The Hall–Kier alpha value is -1.22. The number of ether oxygens (including phenoxy) is 2. The van der Waals surface area contributed by atoms with Crippen molar-refractivity contribution in [1.82, 2.24) is 0 Å². The second kappa shape index (κ2) is 4.57. The van der Waals surface area contributed by atoms with Crippen LogP contribution >= 0.6 is 0 Å². The van der Waals surface area contributed by atoms with Crippen molar-refractivity contribution in [3.63, 3.8) is 0 Å². The molecule has 0 radical (unpaired) electrons. The second-order valence-electron chi connectivity index (χ2n) is 5.01. The summed E-state index contributed by atoms with van der Waals surface area (Å²) in [5, 5.41) is 10.1. The molecule has 0 bridgehead atoms. The monoisotopic (exact) mass is 234 g/mol. The minimum Gasteiger partial charge on any atom is -0.486 e. The summed E-state index contributed by atoms with van der Waals surface area (Å²) in [5.74, 6) is 2.21. The van der Waals surface area contributed by atoms with Crippen molar-refractivity contribution < 1.29 is 14.6 Å². The van der Waals surface area contributed by atoms with E-state index in [0.717, 1.165) is 17.9 Å². The Labute approximate surface area is 101 Å². The van der Waals surface area contributed by atoms with Gasteiger partial charge in [0.15, 0.2) is 17.6 Å². The molecule has 2 aliphatic rings. The number of para-hydroxylation sites is 2. The van der Waals surface area contributed by atoms with Gasteiger partial charge in [0.2, 0.25) is 0 Å². The summed E-state index contributed by atoms with van der Waals surface area (Å²) in [4.78, 5) is 0. The molecule has 3 nitrogen and oxygen atoms in total.